The van der Waals surface area contributed by atoms with Gasteiger partial charge in [0.25, 0.3) is 0 Å². The number of nitriles is 1. The van der Waals surface area contributed by atoms with Crippen LogP contribution >= 0.6 is 0 Å². The topological polar surface area (TPSA) is 145 Å². The number of nitrogens with zero attached hydrogens (tertiary/aromatic N) is 7. The van der Waals surface area contributed by atoms with E-state index in [9.17, 15) is 10.1 Å². The molecular weight excluding hydrogens is 520 g/mol. The van der Waals surface area contributed by atoms with E-state index in [0.29, 0.717) is 22.9 Å². The molecule has 6 rings (SSSR count). The lowest BCUT2D eigenvalue weighted by atomic mass is 9.95. The average Bonchev–Trinajstić information content (AvgIpc) is 3.15. The van der Waals surface area contributed by atoms with Gasteiger partial charge < -0.3 is 19.8 Å². The highest BCUT2D eigenvalue weighted by Gasteiger charge is 2.34. The van der Waals surface area contributed by atoms with Crippen molar-refractivity contribution >= 4 is 28.6 Å². The Kier molecular flexibility index (Phi) is 6.03. The van der Waals surface area contributed by atoms with Crippen molar-refractivity contribution in [2.75, 3.05) is 10.6 Å². The smallest absolute Gasteiger partial charge is 0.416 e. The van der Waals surface area contributed by atoms with Crippen LogP contribution in [0, 0.1) is 11.3 Å². The zero-order chi connectivity index (χ0) is 28.9. The molecule has 0 spiro atoms. The minimum absolute atomic E-state index is 0.0421. The number of amides is 1. The molecule has 1 aliphatic heterocycles. The van der Waals surface area contributed by atoms with Crippen molar-refractivity contribution in [3.8, 4) is 40.2 Å². The second-order valence-corrected chi connectivity index (χ2v) is 10.6. The number of ether oxygens (including phenoxy) is 2. The highest BCUT2D eigenvalue weighted by Crippen LogP contribution is 2.47. The van der Waals surface area contributed by atoms with Gasteiger partial charge in [0.05, 0.1) is 17.6 Å². The molecule has 2 aromatic carbocycles. The van der Waals surface area contributed by atoms with E-state index in [-0.39, 0.29) is 18.2 Å². The summed E-state index contributed by atoms with van der Waals surface area (Å²) < 4.78 is 13.7. The van der Waals surface area contributed by atoms with Gasteiger partial charge in [0.1, 0.15) is 35.1 Å². The van der Waals surface area contributed by atoms with Crippen molar-refractivity contribution in [2.45, 2.75) is 32.9 Å². The first-order valence-electron chi connectivity index (χ1n) is 12.9. The normalized spacial score (nSPS) is 12.4. The zero-order valence-electron chi connectivity index (χ0n) is 22.9. The quantitative estimate of drug-likeness (QED) is 0.286. The first-order chi connectivity index (χ1) is 19.6. The van der Waals surface area contributed by atoms with Crippen LogP contribution < -0.4 is 15.4 Å². The third kappa shape index (κ3) is 4.65. The molecule has 0 atom stereocenters. The van der Waals surface area contributed by atoms with Crippen LogP contribution in [0.1, 0.15) is 32.0 Å². The van der Waals surface area contributed by atoms with Gasteiger partial charge in [-0.3, -0.25) is 4.90 Å². The number of carbonyl (C=O) groups excluding carboxylic acids is 1. The molecule has 0 fully saturated rings. The Morgan fingerprint density at radius 1 is 1.07 bits per heavy atom. The van der Waals surface area contributed by atoms with Crippen molar-refractivity contribution in [1.82, 2.24) is 24.5 Å². The van der Waals surface area contributed by atoms with Crippen molar-refractivity contribution in [1.29, 1.82) is 5.26 Å². The van der Waals surface area contributed by atoms with Gasteiger partial charge >= 0.3 is 12.1 Å². The summed E-state index contributed by atoms with van der Waals surface area (Å²) in [7, 11) is 1.93. The maximum absolute atomic E-state index is 13.6. The maximum Gasteiger partial charge on any atom is 0.416 e. The van der Waals surface area contributed by atoms with E-state index in [0.717, 1.165) is 33.3 Å². The van der Waals surface area contributed by atoms with Gasteiger partial charge in [-0.25, -0.2) is 19.7 Å². The van der Waals surface area contributed by atoms with Crippen LogP contribution in [0.5, 0.6) is 11.8 Å². The molecule has 3 aromatic heterocycles. The molecule has 0 unspecified atom stereocenters. The minimum Gasteiger partial charge on any atom is -0.443 e. The van der Waals surface area contributed by atoms with Crippen LogP contribution in [0.25, 0.3) is 33.4 Å². The number of rotatable bonds is 3. The highest BCUT2D eigenvalue weighted by atomic mass is 16.6. The summed E-state index contributed by atoms with van der Waals surface area (Å²) in [5, 5.41) is 9.94. The van der Waals surface area contributed by atoms with Crippen LogP contribution in [0.15, 0.2) is 61.1 Å². The standard InChI is InChI=1S/C30H26N8O3/c1-30(2,3)41-29(39)38-15-18-13-21(40-28-33-12-11-20(14-31)36-28)9-10-22(18)23-24-26(34-16-35-27(24)38)37(4)25(23)17-5-7-19(32)8-6-17/h5-13,16H,15,32H2,1-4H3. The van der Waals surface area contributed by atoms with E-state index < -0.39 is 11.7 Å². The number of hydrogen-bond acceptors (Lipinski definition) is 9. The van der Waals surface area contributed by atoms with Crippen LogP contribution in [0.4, 0.5) is 16.3 Å². The summed E-state index contributed by atoms with van der Waals surface area (Å²) in [5.74, 6) is 0.890. The van der Waals surface area contributed by atoms with Gasteiger partial charge in [0.2, 0.25) is 0 Å². The van der Waals surface area contributed by atoms with E-state index in [2.05, 4.69) is 19.9 Å². The Morgan fingerprint density at radius 3 is 2.59 bits per heavy atom. The summed E-state index contributed by atoms with van der Waals surface area (Å²) in [5.41, 5.74) is 11.1. The third-order valence-corrected chi connectivity index (χ3v) is 6.63. The fraction of sp³-hybridized carbons (Fsp3) is 0.200. The molecule has 0 radical (unpaired) electrons. The summed E-state index contributed by atoms with van der Waals surface area (Å²) in [4.78, 5) is 32.6. The first-order valence-corrected chi connectivity index (χ1v) is 12.9. The second-order valence-electron chi connectivity index (χ2n) is 10.6. The molecule has 11 nitrogen and oxygen atoms in total. The first kappa shape index (κ1) is 25.8. The predicted molar refractivity (Wildman–Crippen MR) is 153 cm³/mol. The minimum atomic E-state index is -0.721. The number of fused-ring (bicyclic) bond motifs is 2. The molecule has 0 saturated heterocycles. The fourth-order valence-corrected chi connectivity index (χ4v) is 4.96. The molecule has 5 aromatic rings. The lowest BCUT2D eigenvalue weighted by molar-refractivity contribution is 0.0577. The van der Waals surface area contributed by atoms with E-state index in [1.54, 1.807) is 6.07 Å². The van der Waals surface area contributed by atoms with Gasteiger partial charge in [0, 0.05) is 24.5 Å². The number of nitrogen functional groups attached to an aromatic ring is 1. The van der Waals surface area contributed by atoms with Gasteiger partial charge in [-0.15, -0.1) is 0 Å². The second kappa shape index (κ2) is 9.60. The Balaban J connectivity index is 1.58. The molecule has 4 heterocycles. The molecule has 0 saturated carbocycles. The van der Waals surface area contributed by atoms with E-state index in [1.165, 1.54) is 23.5 Å². The lowest BCUT2D eigenvalue weighted by Crippen LogP contribution is -2.37. The fourth-order valence-electron chi connectivity index (χ4n) is 4.96. The molecule has 0 aliphatic carbocycles. The SMILES string of the molecule is Cn1c(-c2ccc(N)cc2)c2c3c(ncnc31)N(C(=O)OC(C)(C)C)Cc1cc(Oc3nccc(C#N)n3)ccc1-2. The number of benzene rings is 2. The molecule has 1 aliphatic rings. The van der Waals surface area contributed by atoms with Crippen LogP contribution in [0.3, 0.4) is 0 Å². The Morgan fingerprint density at radius 2 is 1.85 bits per heavy atom. The summed E-state index contributed by atoms with van der Waals surface area (Å²) in [6.45, 7) is 5.62. The average molecular weight is 547 g/mol. The Labute approximate surface area is 235 Å². The zero-order valence-corrected chi connectivity index (χ0v) is 22.9. The number of anilines is 2. The third-order valence-electron chi connectivity index (χ3n) is 6.63. The molecule has 204 valence electrons. The number of nitrogens with two attached hydrogens (primary N) is 1. The molecule has 41 heavy (non-hydrogen) atoms. The van der Waals surface area contributed by atoms with E-state index in [1.807, 2.05) is 74.9 Å². The lowest BCUT2D eigenvalue weighted by Gasteiger charge is -2.26. The molecule has 0 bridgehead atoms. The van der Waals surface area contributed by atoms with Crippen molar-refractivity contribution in [3.63, 3.8) is 0 Å². The van der Waals surface area contributed by atoms with Crippen molar-refractivity contribution in [2.24, 2.45) is 7.05 Å². The van der Waals surface area contributed by atoms with Crippen LogP contribution in [-0.4, -0.2) is 36.2 Å². The predicted octanol–water partition coefficient (Wildman–Crippen LogP) is 5.59. The number of aryl methyl sites for hydroxylation is 1. The number of aromatic nitrogens is 5. The molecule has 2 N–H and O–H groups in total. The largest absolute Gasteiger partial charge is 0.443 e. The highest BCUT2D eigenvalue weighted by molar-refractivity contribution is 6.12. The van der Waals surface area contributed by atoms with Crippen molar-refractivity contribution in [3.05, 3.63) is 72.3 Å². The summed E-state index contributed by atoms with van der Waals surface area (Å²) >= 11 is 0. The van der Waals surface area contributed by atoms with Gasteiger partial charge in [0.15, 0.2) is 5.82 Å². The number of carbonyl (C=O) groups is 1. The monoisotopic (exact) mass is 546 g/mol. The number of hydrogen-bond donors (Lipinski definition) is 1. The van der Waals surface area contributed by atoms with E-state index >= 15 is 0 Å². The molecular formula is C30H26N8O3. The summed E-state index contributed by atoms with van der Waals surface area (Å²) in [6.07, 6.45) is 2.38. The van der Waals surface area contributed by atoms with Gasteiger partial charge in [-0.05, 0) is 67.8 Å². The Hall–Kier alpha value is -5.50. The van der Waals surface area contributed by atoms with Gasteiger partial charge in [-0.2, -0.15) is 10.2 Å². The van der Waals surface area contributed by atoms with E-state index in [4.69, 9.17) is 15.2 Å². The van der Waals surface area contributed by atoms with Crippen LogP contribution in [-0.2, 0) is 18.3 Å². The summed E-state index contributed by atoms with van der Waals surface area (Å²) in [6, 6.07) is 16.7. The molecule has 1 amide bonds. The van der Waals surface area contributed by atoms with Crippen molar-refractivity contribution < 1.29 is 14.3 Å². The Bertz CT molecular complexity index is 1870. The molecule has 11 heteroatoms. The maximum atomic E-state index is 13.6. The van der Waals surface area contributed by atoms with Gasteiger partial charge in [-0.1, -0.05) is 18.2 Å². The van der Waals surface area contributed by atoms with Crippen LogP contribution in [0.2, 0.25) is 0 Å².